The lowest BCUT2D eigenvalue weighted by molar-refractivity contribution is -0.127. The fraction of sp³-hybridized carbons (Fsp3) is 0.632. The first kappa shape index (κ1) is 16.5. The third kappa shape index (κ3) is 3.75. The summed E-state index contributed by atoms with van der Waals surface area (Å²) in [5.41, 5.74) is 8.55. The van der Waals surface area contributed by atoms with E-state index < -0.39 is 5.54 Å². The SMILES string of the molecule is CC(CNC(=O)C1(N)CCCCC1)N1CCc2ccccc2C1. The molecule has 1 amide bonds. The van der Waals surface area contributed by atoms with Crippen LogP contribution >= 0.6 is 0 Å². The van der Waals surface area contributed by atoms with Gasteiger partial charge in [-0.25, -0.2) is 0 Å². The summed E-state index contributed by atoms with van der Waals surface area (Å²) in [6.07, 6.45) is 6.09. The van der Waals surface area contributed by atoms with Gasteiger partial charge in [0.2, 0.25) is 5.91 Å². The first-order chi connectivity index (χ1) is 11.1. The molecule has 1 saturated carbocycles. The minimum Gasteiger partial charge on any atom is -0.353 e. The van der Waals surface area contributed by atoms with Gasteiger partial charge in [-0.3, -0.25) is 9.69 Å². The van der Waals surface area contributed by atoms with Crippen molar-refractivity contribution in [1.29, 1.82) is 0 Å². The Balaban J connectivity index is 1.52. The van der Waals surface area contributed by atoms with Crippen molar-refractivity contribution >= 4 is 5.91 Å². The summed E-state index contributed by atoms with van der Waals surface area (Å²) in [5.74, 6) is 0.0430. The van der Waals surface area contributed by atoms with Crippen molar-refractivity contribution in [1.82, 2.24) is 10.2 Å². The Morgan fingerprint density at radius 3 is 2.70 bits per heavy atom. The second-order valence-electron chi connectivity index (χ2n) is 7.27. The lowest BCUT2D eigenvalue weighted by atomic mass is 9.82. The van der Waals surface area contributed by atoms with Gasteiger partial charge >= 0.3 is 0 Å². The Morgan fingerprint density at radius 2 is 1.96 bits per heavy atom. The second kappa shape index (κ2) is 7.02. The maximum atomic E-state index is 12.5. The van der Waals surface area contributed by atoms with Crippen LogP contribution < -0.4 is 11.1 Å². The van der Waals surface area contributed by atoms with E-state index in [-0.39, 0.29) is 5.91 Å². The number of nitrogens with two attached hydrogens (primary N) is 1. The molecule has 0 spiro atoms. The standard InChI is InChI=1S/C19H29N3O/c1-15(13-21-18(23)19(20)10-5-2-6-11-19)22-12-9-16-7-3-4-8-17(16)14-22/h3-4,7-8,15H,2,5-6,9-14,20H2,1H3,(H,21,23). The molecule has 1 fully saturated rings. The molecule has 0 aromatic heterocycles. The Morgan fingerprint density at radius 1 is 1.26 bits per heavy atom. The quantitative estimate of drug-likeness (QED) is 0.895. The van der Waals surface area contributed by atoms with E-state index in [1.165, 1.54) is 17.5 Å². The summed E-state index contributed by atoms with van der Waals surface area (Å²) >= 11 is 0. The van der Waals surface area contributed by atoms with Gasteiger partial charge in [-0.15, -0.1) is 0 Å². The number of amides is 1. The minimum atomic E-state index is -0.632. The molecule has 3 N–H and O–H groups in total. The third-order valence-corrected chi connectivity index (χ3v) is 5.54. The Kier molecular flexibility index (Phi) is 5.02. The Bertz CT molecular complexity index is 551. The van der Waals surface area contributed by atoms with Gasteiger partial charge in [-0.2, -0.15) is 0 Å². The Labute approximate surface area is 139 Å². The lowest BCUT2D eigenvalue weighted by Gasteiger charge is -2.35. The Hall–Kier alpha value is -1.39. The van der Waals surface area contributed by atoms with Gasteiger partial charge in [0.05, 0.1) is 5.54 Å². The van der Waals surface area contributed by atoms with Crippen LogP contribution in [0.4, 0.5) is 0 Å². The number of nitrogens with zero attached hydrogens (tertiary/aromatic N) is 1. The smallest absolute Gasteiger partial charge is 0.240 e. The maximum Gasteiger partial charge on any atom is 0.240 e. The maximum absolute atomic E-state index is 12.5. The zero-order chi connectivity index (χ0) is 16.3. The van der Waals surface area contributed by atoms with Crippen molar-refractivity contribution in [2.45, 2.75) is 63.6 Å². The molecule has 3 rings (SSSR count). The number of carbonyl (C=O) groups is 1. The average Bonchev–Trinajstić information content (AvgIpc) is 2.59. The molecule has 4 heteroatoms. The van der Waals surface area contributed by atoms with Crippen LogP contribution in [0.25, 0.3) is 0 Å². The summed E-state index contributed by atoms with van der Waals surface area (Å²) < 4.78 is 0. The van der Waals surface area contributed by atoms with Crippen LogP contribution in [0.1, 0.15) is 50.2 Å². The van der Waals surface area contributed by atoms with Crippen molar-refractivity contribution in [3.8, 4) is 0 Å². The molecule has 0 bridgehead atoms. The van der Waals surface area contributed by atoms with Gasteiger partial charge < -0.3 is 11.1 Å². The third-order valence-electron chi connectivity index (χ3n) is 5.54. The molecule has 2 aliphatic rings. The number of hydrogen-bond donors (Lipinski definition) is 2. The van der Waals surface area contributed by atoms with E-state index >= 15 is 0 Å². The molecule has 0 radical (unpaired) electrons. The molecule has 1 aliphatic heterocycles. The van der Waals surface area contributed by atoms with Gasteiger partial charge in [-0.05, 0) is 37.3 Å². The fourth-order valence-electron chi connectivity index (χ4n) is 3.85. The zero-order valence-electron chi connectivity index (χ0n) is 14.2. The summed E-state index contributed by atoms with van der Waals surface area (Å²) in [4.78, 5) is 14.9. The molecular weight excluding hydrogens is 286 g/mol. The topological polar surface area (TPSA) is 58.4 Å². The highest BCUT2D eigenvalue weighted by atomic mass is 16.2. The number of carbonyl (C=O) groups excluding carboxylic acids is 1. The van der Waals surface area contributed by atoms with Crippen LogP contribution in [0.3, 0.4) is 0 Å². The lowest BCUT2D eigenvalue weighted by Crippen LogP contribution is -2.57. The monoisotopic (exact) mass is 315 g/mol. The number of hydrogen-bond acceptors (Lipinski definition) is 3. The highest BCUT2D eigenvalue weighted by Crippen LogP contribution is 2.26. The summed E-state index contributed by atoms with van der Waals surface area (Å²) in [5, 5.41) is 3.11. The van der Waals surface area contributed by atoms with Crippen LogP contribution in [-0.4, -0.2) is 35.5 Å². The molecule has 1 aromatic carbocycles. The predicted octanol–water partition coefficient (Wildman–Crippen LogP) is 2.21. The molecular formula is C19H29N3O. The van der Waals surface area contributed by atoms with Gasteiger partial charge in [0.25, 0.3) is 0 Å². The average molecular weight is 315 g/mol. The van der Waals surface area contributed by atoms with Crippen molar-refractivity contribution in [2.75, 3.05) is 13.1 Å². The predicted molar refractivity (Wildman–Crippen MR) is 93.0 cm³/mol. The van der Waals surface area contributed by atoms with Crippen LogP contribution in [-0.2, 0) is 17.8 Å². The van der Waals surface area contributed by atoms with Crippen molar-refractivity contribution in [2.24, 2.45) is 5.73 Å². The highest BCUT2D eigenvalue weighted by molar-refractivity contribution is 5.86. The summed E-state index contributed by atoms with van der Waals surface area (Å²) in [7, 11) is 0. The molecule has 1 aromatic rings. The molecule has 1 atom stereocenters. The van der Waals surface area contributed by atoms with Crippen LogP contribution in [0.15, 0.2) is 24.3 Å². The van der Waals surface area contributed by atoms with E-state index in [1.807, 2.05) is 0 Å². The van der Waals surface area contributed by atoms with Gasteiger partial charge in [0, 0.05) is 25.7 Å². The molecule has 0 saturated heterocycles. The number of rotatable bonds is 4. The minimum absolute atomic E-state index is 0.0430. The van der Waals surface area contributed by atoms with Crippen LogP contribution in [0.2, 0.25) is 0 Å². The molecule has 1 unspecified atom stereocenters. The fourth-order valence-corrected chi connectivity index (χ4v) is 3.85. The summed E-state index contributed by atoms with van der Waals surface area (Å²) in [6.45, 7) is 4.90. The molecule has 1 aliphatic carbocycles. The highest BCUT2D eigenvalue weighted by Gasteiger charge is 2.35. The normalized spacial score (nSPS) is 22.2. The molecule has 126 valence electrons. The van der Waals surface area contributed by atoms with E-state index in [0.29, 0.717) is 12.6 Å². The van der Waals surface area contributed by atoms with E-state index in [4.69, 9.17) is 5.73 Å². The van der Waals surface area contributed by atoms with Crippen molar-refractivity contribution in [3.63, 3.8) is 0 Å². The number of nitrogens with one attached hydrogen (secondary N) is 1. The van der Waals surface area contributed by atoms with Crippen molar-refractivity contribution in [3.05, 3.63) is 35.4 Å². The van der Waals surface area contributed by atoms with E-state index in [1.54, 1.807) is 0 Å². The largest absolute Gasteiger partial charge is 0.353 e. The van der Waals surface area contributed by atoms with Crippen molar-refractivity contribution < 1.29 is 4.79 Å². The molecule has 1 heterocycles. The van der Waals surface area contributed by atoms with E-state index in [2.05, 4.69) is 41.4 Å². The number of benzene rings is 1. The molecule has 23 heavy (non-hydrogen) atoms. The first-order valence-electron chi connectivity index (χ1n) is 8.96. The van der Waals surface area contributed by atoms with Gasteiger partial charge in [0.1, 0.15) is 0 Å². The van der Waals surface area contributed by atoms with E-state index in [0.717, 1.165) is 45.2 Å². The second-order valence-corrected chi connectivity index (χ2v) is 7.27. The van der Waals surface area contributed by atoms with E-state index in [9.17, 15) is 4.79 Å². The zero-order valence-corrected chi connectivity index (χ0v) is 14.2. The molecule has 4 nitrogen and oxygen atoms in total. The van der Waals surface area contributed by atoms with Gasteiger partial charge in [0.15, 0.2) is 0 Å². The van der Waals surface area contributed by atoms with Gasteiger partial charge in [-0.1, -0.05) is 43.5 Å². The summed E-state index contributed by atoms with van der Waals surface area (Å²) in [6, 6.07) is 8.99. The first-order valence-corrected chi connectivity index (χ1v) is 8.96. The van der Waals surface area contributed by atoms with Crippen LogP contribution in [0.5, 0.6) is 0 Å². The van der Waals surface area contributed by atoms with Crippen LogP contribution in [0, 0.1) is 0 Å². The number of fused-ring (bicyclic) bond motifs is 1.